The lowest BCUT2D eigenvalue weighted by Crippen LogP contribution is -2.62. The summed E-state index contributed by atoms with van der Waals surface area (Å²) in [4.78, 5) is 7.66. The monoisotopic (exact) mass is 809 g/mol. The Kier molecular flexibility index (Phi) is 9.23. The highest BCUT2D eigenvalue weighted by Gasteiger charge is 2.47. The molecule has 2 heterocycles. The summed E-state index contributed by atoms with van der Waals surface area (Å²) in [6.07, 6.45) is 2.34. The summed E-state index contributed by atoms with van der Waals surface area (Å²) in [5.74, 6) is 0. The van der Waals surface area contributed by atoms with E-state index >= 15 is 0 Å². The molecule has 62 heavy (non-hydrogen) atoms. The van der Waals surface area contributed by atoms with Gasteiger partial charge < -0.3 is 14.7 Å². The van der Waals surface area contributed by atoms with E-state index in [-0.39, 0.29) is 23.0 Å². The molecule has 1 aliphatic carbocycles. The number of para-hydroxylation sites is 3. The summed E-state index contributed by atoms with van der Waals surface area (Å²) in [6.45, 7) is 26.1. The zero-order valence-corrected chi connectivity index (χ0v) is 38.6. The molecule has 0 N–H and O–H groups in total. The van der Waals surface area contributed by atoms with Gasteiger partial charge in [-0.3, -0.25) is 0 Å². The highest BCUT2D eigenvalue weighted by atomic mass is 15.2. The molecule has 0 atom stereocenters. The number of aryl methyl sites for hydroxylation is 4. The molecule has 3 aliphatic rings. The van der Waals surface area contributed by atoms with Crippen LogP contribution in [-0.4, -0.2) is 6.71 Å². The third kappa shape index (κ3) is 6.23. The summed E-state index contributed by atoms with van der Waals surface area (Å²) in [5, 5.41) is 0. The molecule has 0 spiro atoms. The minimum Gasteiger partial charge on any atom is -0.311 e. The second kappa shape index (κ2) is 14.3. The number of rotatable bonds is 5. The molecule has 310 valence electrons. The maximum Gasteiger partial charge on any atom is 0.252 e. The molecule has 0 saturated carbocycles. The summed E-state index contributed by atoms with van der Waals surface area (Å²) in [5.41, 5.74) is 24.8. The fraction of sp³-hybridized carbons (Fsp3) is 0.276. The van der Waals surface area contributed by atoms with Gasteiger partial charge in [-0.2, -0.15) is 0 Å². The Morgan fingerprint density at radius 1 is 0.468 bits per heavy atom. The number of hydrogen-bond donors (Lipinski definition) is 0. The summed E-state index contributed by atoms with van der Waals surface area (Å²) >= 11 is 0. The van der Waals surface area contributed by atoms with Crippen LogP contribution in [0.5, 0.6) is 0 Å². The van der Waals surface area contributed by atoms with Gasteiger partial charge in [0.25, 0.3) is 6.71 Å². The maximum atomic E-state index is 2.66. The van der Waals surface area contributed by atoms with E-state index in [9.17, 15) is 0 Å². The normalized spacial score (nSPS) is 15.7. The minimum absolute atomic E-state index is 0.0274. The number of hydrogen-bond acceptors (Lipinski definition) is 3. The lowest BCUT2D eigenvalue weighted by Gasteiger charge is -2.48. The van der Waals surface area contributed by atoms with Gasteiger partial charge in [0.2, 0.25) is 0 Å². The van der Waals surface area contributed by atoms with E-state index in [4.69, 9.17) is 0 Å². The van der Waals surface area contributed by atoms with Crippen LogP contribution in [0.2, 0.25) is 0 Å². The molecule has 0 bridgehead atoms. The van der Waals surface area contributed by atoms with Crippen LogP contribution in [0.25, 0.3) is 0 Å². The predicted molar refractivity (Wildman–Crippen MR) is 268 cm³/mol. The van der Waals surface area contributed by atoms with Crippen LogP contribution in [0.4, 0.5) is 51.2 Å². The lowest BCUT2D eigenvalue weighted by molar-refractivity contribution is 0.332. The Morgan fingerprint density at radius 3 is 1.48 bits per heavy atom. The first-order chi connectivity index (χ1) is 29.5. The van der Waals surface area contributed by atoms with Crippen molar-refractivity contribution in [1.29, 1.82) is 0 Å². The molecule has 2 aliphatic heterocycles. The third-order valence-corrected chi connectivity index (χ3v) is 14.5. The van der Waals surface area contributed by atoms with Crippen molar-refractivity contribution in [2.45, 2.75) is 105 Å². The first kappa shape index (κ1) is 40.1. The van der Waals surface area contributed by atoms with Crippen LogP contribution in [0.3, 0.4) is 0 Å². The number of anilines is 9. The van der Waals surface area contributed by atoms with Crippen molar-refractivity contribution in [1.82, 2.24) is 0 Å². The van der Waals surface area contributed by atoms with Crippen LogP contribution >= 0.6 is 0 Å². The zero-order chi connectivity index (χ0) is 43.5. The third-order valence-electron chi connectivity index (χ3n) is 14.5. The van der Waals surface area contributed by atoms with E-state index in [0.717, 1.165) is 17.1 Å². The van der Waals surface area contributed by atoms with Crippen molar-refractivity contribution in [2.75, 3.05) is 14.7 Å². The Labute approximate surface area is 371 Å². The molecule has 0 fully saturated rings. The number of fused-ring (bicyclic) bond motifs is 5. The van der Waals surface area contributed by atoms with Crippen LogP contribution in [0.15, 0.2) is 140 Å². The fourth-order valence-corrected chi connectivity index (χ4v) is 11.1. The fourth-order valence-electron chi connectivity index (χ4n) is 11.1. The van der Waals surface area contributed by atoms with Crippen LogP contribution in [-0.2, 0) is 16.2 Å². The quantitative estimate of drug-likeness (QED) is 0.160. The molecule has 0 aromatic heterocycles. The second-order valence-corrected chi connectivity index (χ2v) is 20.7. The van der Waals surface area contributed by atoms with E-state index in [1.165, 1.54) is 102 Å². The van der Waals surface area contributed by atoms with Gasteiger partial charge in [-0.25, -0.2) is 0 Å². The van der Waals surface area contributed by atoms with E-state index in [1.807, 2.05) is 0 Å². The summed E-state index contributed by atoms with van der Waals surface area (Å²) < 4.78 is 0. The van der Waals surface area contributed by atoms with E-state index < -0.39 is 0 Å². The average Bonchev–Trinajstić information content (AvgIpc) is 3.24. The molecule has 3 nitrogen and oxygen atoms in total. The first-order valence-corrected chi connectivity index (χ1v) is 22.7. The van der Waals surface area contributed by atoms with Gasteiger partial charge in [-0.1, -0.05) is 133 Å². The predicted octanol–water partition coefficient (Wildman–Crippen LogP) is 14.1. The van der Waals surface area contributed by atoms with Gasteiger partial charge in [0.1, 0.15) is 0 Å². The SMILES string of the molecule is Cc1cccc(C)c1N1c2cc(N(c3ccccc3)c3ccccc3)ccc2B2c3cc4c(cc3N(c3c(C)cc(C(C)(C)C)cc3C)c3cccc1c32)C(C)(C)CCC4(C)C. The van der Waals surface area contributed by atoms with Gasteiger partial charge in [-0.15, -0.1) is 0 Å². The van der Waals surface area contributed by atoms with Crippen LogP contribution in [0, 0.1) is 27.7 Å². The molecule has 0 saturated heterocycles. The molecule has 7 aromatic carbocycles. The highest BCUT2D eigenvalue weighted by Crippen LogP contribution is 2.52. The Hall–Kier alpha value is -6.00. The van der Waals surface area contributed by atoms with Crippen molar-refractivity contribution in [3.8, 4) is 0 Å². The molecular weight excluding hydrogens is 749 g/mol. The van der Waals surface area contributed by atoms with E-state index in [2.05, 4.69) is 230 Å². The van der Waals surface area contributed by atoms with Crippen molar-refractivity contribution >= 4 is 74.3 Å². The van der Waals surface area contributed by atoms with Crippen molar-refractivity contribution in [3.05, 3.63) is 178 Å². The molecule has 10 rings (SSSR count). The van der Waals surface area contributed by atoms with Crippen LogP contribution < -0.4 is 31.1 Å². The Bertz CT molecular complexity index is 2820. The second-order valence-electron chi connectivity index (χ2n) is 20.7. The van der Waals surface area contributed by atoms with Gasteiger partial charge in [-0.05, 0) is 167 Å². The topological polar surface area (TPSA) is 9.72 Å². The van der Waals surface area contributed by atoms with E-state index in [0.29, 0.717) is 0 Å². The van der Waals surface area contributed by atoms with E-state index in [1.54, 1.807) is 0 Å². The van der Waals surface area contributed by atoms with Crippen molar-refractivity contribution in [2.24, 2.45) is 0 Å². The summed E-state index contributed by atoms with van der Waals surface area (Å²) in [6, 6.07) is 52.9. The highest BCUT2D eigenvalue weighted by molar-refractivity contribution is 7.00. The summed E-state index contributed by atoms with van der Waals surface area (Å²) in [7, 11) is 0. The molecule has 0 radical (unpaired) electrons. The number of benzene rings is 7. The van der Waals surface area contributed by atoms with Crippen LogP contribution in [0.1, 0.15) is 100 Å². The van der Waals surface area contributed by atoms with Gasteiger partial charge in [0.15, 0.2) is 0 Å². The minimum atomic E-state index is 0.0274. The van der Waals surface area contributed by atoms with Crippen molar-refractivity contribution < 1.29 is 0 Å². The Morgan fingerprint density at radius 2 is 0.952 bits per heavy atom. The largest absolute Gasteiger partial charge is 0.311 e. The average molecular weight is 810 g/mol. The van der Waals surface area contributed by atoms with Gasteiger partial charge >= 0.3 is 0 Å². The van der Waals surface area contributed by atoms with Crippen molar-refractivity contribution in [3.63, 3.8) is 0 Å². The first-order valence-electron chi connectivity index (χ1n) is 22.7. The zero-order valence-electron chi connectivity index (χ0n) is 38.6. The van der Waals surface area contributed by atoms with Gasteiger partial charge in [0, 0.05) is 39.8 Å². The maximum absolute atomic E-state index is 2.66. The number of nitrogens with zero attached hydrogens (tertiary/aromatic N) is 3. The molecule has 7 aromatic rings. The lowest BCUT2D eigenvalue weighted by atomic mass is 9.33. The van der Waals surface area contributed by atoms with Gasteiger partial charge in [0.05, 0.1) is 11.4 Å². The smallest absolute Gasteiger partial charge is 0.252 e. The Balaban J connectivity index is 1.31. The molecular formula is C58H60BN3. The molecule has 0 unspecified atom stereocenters. The standard InChI is InChI=1S/C58H60BN3/c1-37-20-18-21-38(2)54(37)61-49-26-19-27-50-53(49)59(47-29-28-44(34-51(47)61)60(42-22-14-12-15-23-42)43-24-16-13-17-25-43)48-35-45-46(58(10,11)31-30-57(45,8)9)36-52(48)62(50)55-39(3)32-41(33-40(55)4)56(5,6)7/h12-29,32-36H,30-31H2,1-11H3. The molecule has 4 heteroatoms. The molecule has 0 amide bonds.